The van der Waals surface area contributed by atoms with Gasteiger partial charge in [-0.05, 0) is 56.3 Å². The van der Waals surface area contributed by atoms with Crippen molar-refractivity contribution >= 4 is 12.9 Å². The molecule has 0 aromatic rings. The molecule has 0 aromatic carbocycles. The molecule has 1 saturated carbocycles. The zero-order valence-electron chi connectivity index (χ0n) is 8.12. The van der Waals surface area contributed by atoms with Crippen LogP contribution in [0.1, 0.15) is 39.5 Å². The second kappa shape index (κ2) is 5.13. The van der Waals surface area contributed by atoms with Crippen LogP contribution in [0, 0.1) is 17.8 Å². The molecule has 0 saturated heterocycles. The molecular weight excluding hydrogens is 168 g/mol. The highest BCUT2D eigenvalue weighted by molar-refractivity contribution is 7.75. The van der Waals surface area contributed by atoms with Gasteiger partial charge in [0, 0.05) is 0 Å². The van der Waals surface area contributed by atoms with Gasteiger partial charge in [-0.15, -0.1) is 0 Å². The van der Waals surface area contributed by atoms with Gasteiger partial charge in [-0.2, -0.15) is 0 Å². The van der Waals surface area contributed by atoms with Crippen LogP contribution in [0.25, 0.3) is 0 Å². The lowest BCUT2D eigenvalue weighted by Gasteiger charge is -2.30. The van der Waals surface area contributed by atoms with Gasteiger partial charge < -0.3 is 4.18 Å². The summed E-state index contributed by atoms with van der Waals surface area (Å²) in [6, 6.07) is 0. The van der Waals surface area contributed by atoms with Crippen molar-refractivity contribution in [3.05, 3.63) is 0 Å². The summed E-state index contributed by atoms with van der Waals surface area (Å²) in [5.41, 5.74) is 0. The van der Waals surface area contributed by atoms with Crippen LogP contribution in [0.4, 0.5) is 0 Å². The molecule has 12 heavy (non-hydrogen) atoms. The lowest BCUT2D eigenvalue weighted by atomic mass is 9.77. The van der Waals surface area contributed by atoms with Crippen LogP contribution < -0.4 is 0 Å². The van der Waals surface area contributed by atoms with E-state index in [-0.39, 0.29) is 0 Å². The molecule has 0 amide bonds. The fourth-order valence-electron chi connectivity index (χ4n) is 2.13. The van der Waals surface area contributed by atoms with Crippen LogP contribution >= 0.6 is 12.9 Å². The average Bonchev–Trinajstić information content (AvgIpc) is 2.06. The van der Waals surface area contributed by atoms with Crippen LogP contribution in [-0.4, -0.2) is 6.61 Å². The van der Waals surface area contributed by atoms with Crippen LogP contribution in [0.15, 0.2) is 0 Å². The van der Waals surface area contributed by atoms with Gasteiger partial charge >= 0.3 is 0 Å². The molecular formula is C10H20OS. The summed E-state index contributed by atoms with van der Waals surface area (Å²) >= 11 is 3.79. The third kappa shape index (κ3) is 2.98. The summed E-state index contributed by atoms with van der Waals surface area (Å²) in [4.78, 5) is 0. The average molecular weight is 188 g/mol. The van der Waals surface area contributed by atoms with E-state index in [0.29, 0.717) is 0 Å². The predicted octanol–water partition coefficient (Wildman–Crippen LogP) is 3.31. The third-order valence-electron chi connectivity index (χ3n) is 3.14. The quantitative estimate of drug-likeness (QED) is 0.528. The molecule has 0 radical (unpaired) electrons. The number of thiol groups is 1. The monoisotopic (exact) mass is 188 g/mol. The molecule has 1 fully saturated rings. The van der Waals surface area contributed by atoms with Gasteiger partial charge in [0.05, 0.1) is 6.61 Å². The standard InChI is InChI=1S/C10H20OS/c1-8(2)10-5-3-9(4-6-10)7-11-12/h8-10,12H,3-7H2,1-2H3. The van der Waals surface area contributed by atoms with Gasteiger partial charge in [-0.3, -0.25) is 0 Å². The molecule has 0 spiro atoms. The van der Waals surface area contributed by atoms with E-state index in [0.717, 1.165) is 24.4 Å². The van der Waals surface area contributed by atoms with Gasteiger partial charge in [-0.25, -0.2) is 0 Å². The summed E-state index contributed by atoms with van der Waals surface area (Å²) in [6.45, 7) is 5.51. The van der Waals surface area contributed by atoms with Gasteiger partial charge in [0.15, 0.2) is 0 Å². The van der Waals surface area contributed by atoms with Crippen LogP contribution in [0.2, 0.25) is 0 Å². The molecule has 0 aromatic heterocycles. The molecule has 72 valence electrons. The smallest absolute Gasteiger partial charge is 0.0638 e. The van der Waals surface area contributed by atoms with Crippen molar-refractivity contribution in [2.45, 2.75) is 39.5 Å². The van der Waals surface area contributed by atoms with Crippen molar-refractivity contribution in [1.82, 2.24) is 0 Å². The minimum atomic E-state index is 0.775. The van der Waals surface area contributed by atoms with E-state index in [4.69, 9.17) is 4.18 Å². The molecule has 1 aliphatic rings. The van der Waals surface area contributed by atoms with Crippen LogP contribution in [0.5, 0.6) is 0 Å². The molecule has 1 nitrogen and oxygen atoms in total. The predicted molar refractivity (Wildman–Crippen MR) is 55.2 cm³/mol. The highest BCUT2D eigenvalue weighted by Gasteiger charge is 2.22. The van der Waals surface area contributed by atoms with E-state index in [1.54, 1.807) is 0 Å². The summed E-state index contributed by atoms with van der Waals surface area (Å²) in [7, 11) is 0. The zero-order valence-corrected chi connectivity index (χ0v) is 9.02. The normalized spacial score (nSPS) is 31.0. The Hall–Kier alpha value is 0.310. The molecule has 0 unspecified atom stereocenters. The first-order valence-electron chi connectivity index (χ1n) is 5.00. The first kappa shape index (κ1) is 10.4. The summed E-state index contributed by atoms with van der Waals surface area (Å²) in [5, 5.41) is 0. The Morgan fingerprint density at radius 1 is 1.25 bits per heavy atom. The zero-order chi connectivity index (χ0) is 8.97. The summed E-state index contributed by atoms with van der Waals surface area (Å²) < 4.78 is 4.87. The second-order valence-electron chi connectivity index (χ2n) is 4.32. The van der Waals surface area contributed by atoms with E-state index in [1.165, 1.54) is 25.7 Å². The third-order valence-corrected chi connectivity index (χ3v) is 3.29. The lowest BCUT2D eigenvalue weighted by molar-refractivity contribution is 0.178. The van der Waals surface area contributed by atoms with Gasteiger partial charge in [-0.1, -0.05) is 13.8 Å². The molecule has 1 aliphatic carbocycles. The second-order valence-corrected chi connectivity index (χ2v) is 4.58. The van der Waals surface area contributed by atoms with E-state index < -0.39 is 0 Å². The van der Waals surface area contributed by atoms with E-state index in [9.17, 15) is 0 Å². The summed E-state index contributed by atoms with van der Waals surface area (Å²) in [6.07, 6.45) is 5.45. The topological polar surface area (TPSA) is 9.23 Å². The van der Waals surface area contributed by atoms with Gasteiger partial charge in [0.25, 0.3) is 0 Å². The maximum atomic E-state index is 4.87. The van der Waals surface area contributed by atoms with Crippen molar-refractivity contribution in [3.8, 4) is 0 Å². The van der Waals surface area contributed by atoms with Crippen molar-refractivity contribution in [1.29, 1.82) is 0 Å². The Morgan fingerprint density at radius 3 is 2.25 bits per heavy atom. The highest BCUT2D eigenvalue weighted by atomic mass is 32.1. The van der Waals surface area contributed by atoms with E-state index in [2.05, 4.69) is 26.8 Å². The molecule has 0 heterocycles. The first-order chi connectivity index (χ1) is 5.74. The summed E-state index contributed by atoms with van der Waals surface area (Å²) in [5.74, 6) is 2.60. The van der Waals surface area contributed by atoms with Gasteiger partial charge in [0.2, 0.25) is 0 Å². The fourth-order valence-corrected chi connectivity index (χ4v) is 2.34. The Bertz CT molecular complexity index is 117. The Morgan fingerprint density at radius 2 is 1.83 bits per heavy atom. The Balaban J connectivity index is 2.20. The van der Waals surface area contributed by atoms with E-state index >= 15 is 0 Å². The number of hydrogen-bond donors (Lipinski definition) is 1. The number of hydrogen-bond acceptors (Lipinski definition) is 2. The molecule has 2 heteroatoms. The van der Waals surface area contributed by atoms with Crippen molar-refractivity contribution in [3.63, 3.8) is 0 Å². The molecule has 1 rings (SSSR count). The van der Waals surface area contributed by atoms with Crippen LogP contribution in [0.3, 0.4) is 0 Å². The minimum absolute atomic E-state index is 0.775. The molecule has 0 bridgehead atoms. The van der Waals surface area contributed by atoms with E-state index in [1.807, 2.05) is 0 Å². The van der Waals surface area contributed by atoms with Crippen LogP contribution in [-0.2, 0) is 4.18 Å². The highest BCUT2D eigenvalue weighted by Crippen LogP contribution is 2.33. The Kier molecular flexibility index (Phi) is 4.44. The fraction of sp³-hybridized carbons (Fsp3) is 1.00. The largest absolute Gasteiger partial charge is 0.318 e. The van der Waals surface area contributed by atoms with Crippen molar-refractivity contribution in [2.24, 2.45) is 17.8 Å². The maximum absolute atomic E-state index is 4.87. The SMILES string of the molecule is CC(C)C1CCC(COS)CC1. The number of rotatable bonds is 3. The van der Waals surface area contributed by atoms with Crippen molar-refractivity contribution in [2.75, 3.05) is 6.61 Å². The molecule has 0 N–H and O–H groups in total. The molecule has 0 aliphatic heterocycles. The van der Waals surface area contributed by atoms with Gasteiger partial charge in [0.1, 0.15) is 0 Å². The Labute approximate surface area is 81.5 Å². The minimum Gasteiger partial charge on any atom is -0.318 e. The maximum Gasteiger partial charge on any atom is 0.0638 e. The molecule has 0 atom stereocenters. The lowest BCUT2D eigenvalue weighted by Crippen LogP contribution is -2.20. The van der Waals surface area contributed by atoms with Crippen molar-refractivity contribution < 1.29 is 4.18 Å². The first-order valence-corrected chi connectivity index (χ1v) is 5.37.